The Morgan fingerprint density at radius 1 is 0.923 bits per heavy atom. The van der Waals surface area contributed by atoms with Crippen molar-refractivity contribution in [2.24, 2.45) is 0 Å². The van der Waals surface area contributed by atoms with Gasteiger partial charge in [-0.1, -0.05) is 34.6 Å². The predicted octanol–water partition coefficient (Wildman–Crippen LogP) is 4.32. The average Bonchev–Trinajstić information content (AvgIpc) is 2.25. The molecule has 0 radical (unpaired) electrons. The van der Waals surface area contributed by atoms with Gasteiger partial charge in [0, 0.05) is 0 Å². The summed E-state index contributed by atoms with van der Waals surface area (Å²) in [7, 11) is 9.47. The molecule has 78 valence electrons. The first kappa shape index (κ1) is 13.4. The first-order valence-corrected chi connectivity index (χ1v) is 6.87. The molecule has 0 nitrogen and oxygen atoms in total. The van der Waals surface area contributed by atoms with Gasteiger partial charge in [-0.25, -0.2) is 0 Å². The van der Waals surface area contributed by atoms with E-state index in [1.54, 1.807) is 0 Å². The second-order valence-corrected chi connectivity index (χ2v) is 4.89. The summed E-state index contributed by atoms with van der Waals surface area (Å²) in [5, 5.41) is 0. The van der Waals surface area contributed by atoms with Crippen LogP contribution >= 0.6 is 20.3 Å². The zero-order valence-electron chi connectivity index (χ0n) is 8.59. The molecule has 0 atom stereocenters. The van der Waals surface area contributed by atoms with Crippen molar-refractivity contribution in [3.05, 3.63) is 27.8 Å². The van der Waals surface area contributed by atoms with Crippen molar-refractivity contribution in [2.45, 2.75) is 34.6 Å². The fourth-order valence-electron chi connectivity index (χ4n) is 1.41. The molecule has 0 spiro atoms. The van der Waals surface area contributed by atoms with E-state index in [1.807, 2.05) is 0 Å². The predicted molar refractivity (Wildman–Crippen MR) is 57.4 cm³/mol. The molecule has 0 aliphatic carbocycles. The summed E-state index contributed by atoms with van der Waals surface area (Å²) in [6.07, 6.45) is 0. The Kier molecular flexibility index (Phi) is 6.22. The quantitative estimate of drug-likeness (QED) is 0.612. The molecule has 0 amide bonds. The summed E-state index contributed by atoms with van der Waals surface area (Å²) in [5.41, 5.74) is 7.34. The third kappa shape index (κ3) is 3.24. The van der Waals surface area contributed by atoms with Gasteiger partial charge >= 0.3 is 33.2 Å². The Morgan fingerprint density at radius 3 is 1.23 bits per heavy atom. The van der Waals surface area contributed by atoms with E-state index < -0.39 is 0 Å². The van der Waals surface area contributed by atoms with Crippen molar-refractivity contribution >= 4 is 20.3 Å². The van der Waals surface area contributed by atoms with Gasteiger partial charge in [0.15, 0.2) is 0 Å². The van der Waals surface area contributed by atoms with E-state index in [0.717, 1.165) is 0 Å². The van der Waals surface area contributed by atoms with Crippen molar-refractivity contribution < 1.29 is 12.9 Å². The second-order valence-electron chi connectivity index (χ2n) is 3.17. The van der Waals surface area contributed by atoms with Crippen molar-refractivity contribution in [1.82, 2.24) is 0 Å². The third-order valence-electron chi connectivity index (χ3n) is 2.81. The number of rotatable bonds is 0. The molecule has 3 heteroatoms. The van der Waals surface area contributed by atoms with E-state index in [1.165, 1.54) is 27.8 Å². The van der Waals surface area contributed by atoms with E-state index >= 15 is 0 Å². The number of hydrogen-bond acceptors (Lipinski definition) is 0. The Bertz CT molecular complexity index is 197. The Balaban J connectivity index is 0.000000424. The Hall–Kier alpha value is 0.436. The molecule has 0 heterocycles. The van der Waals surface area contributed by atoms with Gasteiger partial charge in [-0.2, -0.15) is 27.8 Å². The molecule has 1 rings (SSSR count). The monoisotopic (exact) mass is 264 g/mol. The van der Waals surface area contributed by atoms with Crippen molar-refractivity contribution in [3.63, 3.8) is 0 Å². The molecule has 0 aliphatic rings. The van der Waals surface area contributed by atoms with E-state index in [9.17, 15) is 0 Å². The summed E-state index contributed by atoms with van der Waals surface area (Å²) in [5.74, 6) is 0. The molecular formula is C10H15Cl2Co. The maximum absolute atomic E-state index is 4.73. The molecule has 0 unspecified atom stereocenters. The zero-order chi connectivity index (χ0) is 10.6. The van der Waals surface area contributed by atoms with Crippen molar-refractivity contribution in [1.29, 1.82) is 0 Å². The van der Waals surface area contributed by atoms with Gasteiger partial charge in [-0.15, -0.1) is 0 Å². The normalized spacial score (nSPS) is 9.77. The molecule has 0 N–H and O–H groups in total. The topological polar surface area (TPSA) is 0 Å². The van der Waals surface area contributed by atoms with Crippen LogP contribution in [-0.2, 0) is 12.9 Å². The van der Waals surface area contributed by atoms with E-state index in [0.29, 0.717) is 12.9 Å². The minimum atomic E-state index is 0.382. The van der Waals surface area contributed by atoms with Crippen LogP contribution in [0.1, 0.15) is 27.8 Å². The van der Waals surface area contributed by atoms with Gasteiger partial charge in [0.25, 0.3) is 0 Å². The van der Waals surface area contributed by atoms with E-state index in [4.69, 9.17) is 20.3 Å². The van der Waals surface area contributed by atoms with Crippen LogP contribution in [-0.4, -0.2) is 0 Å². The van der Waals surface area contributed by atoms with Crippen LogP contribution < -0.4 is 0 Å². The van der Waals surface area contributed by atoms with E-state index in [2.05, 4.69) is 34.6 Å². The van der Waals surface area contributed by atoms with Gasteiger partial charge in [0.05, 0.1) is 0 Å². The fraction of sp³-hybridized carbons (Fsp3) is 0.500. The van der Waals surface area contributed by atoms with Crippen LogP contribution in [0.3, 0.4) is 0 Å². The van der Waals surface area contributed by atoms with Crippen LogP contribution in [0.4, 0.5) is 0 Å². The van der Waals surface area contributed by atoms with Gasteiger partial charge in [-0.05, 0) is 0 Å². The van der Waals surface area contributed by atoms with Gasteiger partial charge in [0.1, 0.15) is 0 Å². The second kappa shape index (κ2) is 6.02. The third-order valence-corrected chi connectivity index (χ3v) is 2.81. The molecule has 0 saturated carbocycles. The minimum absolute atomic E-state index is 0.382. The molecule has 0 bridgehead atoms. The summed E-state index contributed by atoms with van der Waals surface area (Å²) in [6, 6.07) is 0. The van der Waals surface area contributed by atoms with Crippen LogP contribution in [0.15, 0.2) is 0 Å². The van der Waals surface area contributed by atoms with Gasteiger partial charge in [-0.3, -0.25) is 0 Å². The molecular weight excluding hydrogens is 250 g/mol. The first-order chi connectivity index (χ1) is 5.97. The molecule has 0 aromatic heterocycles. The average molecular weight is 265 g/mol. The standard InChI is InChI=1S/C10H15.2ClH.Co/c1-6-7(2)9(4)10(5)8(6)3;;;/h1-5H3;2*1H;/q-1;;;+3/p-2. The Labute approximate surface area is 95.5 Å². The fourth-order valence-corrected chi connectivity index (χ4v) is 1.41. The van der Waals surface area contributed by atoms with E-state index in [-0.39, 0.29) is 0 Å². The van der Waals surface area contributed by atoms with Crippen molar-refractivity contribution in [2.75, 3.05) is 0 Å². The van der Waals surface area contributed by atoms with Crippen LogP contribution in [0, 0.1) is 34.6 Å². The molecule has 1 aromatic rings. The number of halogens is 2. The summed E-state index contributed by atoms with van der Waals surface area (Å²) < 4.78 is 0. The molecule has 13 heavy (non-hydrogen) atoms. The SMILES string of the molecule is Cc1c(C)c(C)[c-](C)c1C.[Cl][Co+][Cl]. The molecule has 1 aromatic carbocycles. The van der Waals surface area contributed by atoms with Crippen molar-refractivity contribution in [3.8, 4) is 0 Å². The van der Waals surface area contributed by atoms with Crippen LogP contribution in [0.5, 0.6) is 0 Å². The maximum atomic E-state index is 4.73. The van der Waals surface area contributed by atoms with Crippen LogP contribution in [0.2, 0.25) is 0 Å². The Morgan fingerprint density at radius 2 is 1.15 bits per heavy atom. The molecule has 0 aliphatic heterocycles. The van der Waals surface area contributed by atoms with Gasteiger partial charge in [0.2, 0.25) is 0 Å². The van der Waals surface area contributed by atoms with Gasteiger partial charge < -0.3 is 0 Å². The first-order valence-electron chi connectivity index (χ1n) is 4.00. The summed E-state index contributed by atoms with van der Waals surface area (Å²) >= 11 is 0.382. The zero-order valence-corrected chi connectivity index (χ0v) is 11.1. The van der Waals surface area contributed by atoms with Crippen LogP contribution in [0.25, 0.3) is 0 Å². The molecule has 0 fully saturated rings. The summed E-state index contributed by atoms with van der Waals surface area (Å²) in [4.78, 5) is 0. The molecule has 0 saturated heterocycles. The number of hydrogen-bond donors (Lipinski definition) is 0. The summed E-state index contributed by atoms with van der Waals surface area (Å²) in [6.45, 7) is 11.0.